The summed E-state index contributed by atoms with van der Waals surface area (Å²) < 4.78 is 45.1. The van der Waals surface area contributed by atoms with E-state index in [0.717, 1.165) is 64.4 Å². The van der Waals surface area contributed by atoms with Gasteiger partial charge in [-0.3, -0.25) is 4.90 Å². The number of hydrogen-bond acceptors (Lipinski definition) is 6. The molecule has 7 nitrogen and oxygen atoms in total. The lowest BCUT2D eigenvalue weighted by Gasteiger charge is -2.60. The third-order valence-electron chi connectivity index (χ3n) is 8.87. The van der Waals surface area contributed by atoms with E-state index < -0.39 is 9.24 Å². The van der Waals surface area contributed by atoms with Gasteiger partial charge in [-0.25, -0.2) is 0 Å². The molecule has 0 aromatic rings. The minimum atomic E-state index is -3.84. The van der Waals surface area contributed by atoms with Gasteiger partial charge < -0.3 is 14.2 Å². The fourth-order valence-electron chi connectivity index (χ4n) is 7.08. The molecule has 0 saturated carbocycles. The fraction of sp³-hybridized carbons (Fsp3) is 0.857. The van der Waals surface area contributed by atoms with Crippen LogP contribution in [0, 0.1) is 11.8 Å². The van der Waals surface area contributed by atoms with E-state index in [1.807, 2.05) is 6.26 Å². The summed E-state index contributed by atoms with van der Waals surface area (Å²) in [5, 5.41) is 0. The highest BCUT2D eigenvalue weighted by Crippen LogP contribution is 2.49. The quantitative estimate of drug-likeness (QED) is 0.130. The number of morpholine rings is 1. The molecule has 0 radical (unpaired) electrons. The van der Waals surface area contributed by atoms with E-state index >= 15 is 0 Å². The Morgan fingerprint density at radius 3 is 2.55 bits per heavy atom. The van der Waals surface area contributed by atoms with Crippen LogP contribution in [0.1, 0.15) is 77.6 Å². The second-order valence-electron chi connectivity index (χ2n) is 11.3. The van der Waals surface area contributed by atoms with Crippen molar-refractivity contribution in [2.75, 3.05) is 39.5 Å². The van der Waals surface area contributed by atoms with Crippen molar-refractivity contribution in [3.63, 3.8) is 0 Å². The summed E-state index contributed by atoms with van der Waals surface area (Å²) in [6.45, 7) is 5.52. The molecule has 0 amide bonds. The first-order valence-electron chi connectivity index (χ1n) is 14.8. The Hall–Kier alpha value is -0.210. The van der Waals surface area contributed by atoms with Crippen molar-refractivity contribution in [3.05, 3.63) is 24.5 Å². The number of rotatable bonds is 12. The number of unbranched alkanes of at least 4 members (excludes halogenated alkanes) is 3. The lowest BCUT2D eigenvalue weighted by atomic mass is 9.63. The maximum atomic E-state index is 12.5. The SMILES string of the molecule is CCCCCCN(CC1CN(C(C2C=CCCC2)(C2C=COCC2)C2CCCCO2)C(P)CO1)S(=O)(=O)Cl. The number of allylic oxidation sites excluding steroid dienone is 1. The largest absolute Gasteiger partial charge is 0.501 e. The van der Waals surface area contributed by atoms with Crippen LogP contribution in [0.5, 0.6) is 0 Å². The van der Waals surface area contributed by atoms with Crippen LogP contribution in [0.4, 0.5) is 0 Å². The third kappa shape index (κ3) is 7.35. The molecule has 4 aliphatic rings. The Kier molecular flexibility index (Phi) is 11.8. The van der Waals surface area contributed by atoms with E-state index in [9.17, 15) is 8.42 Å². The van der Waals surface area contributed by atoms with Crippen molar-refractivity contribution < 1.29 is 22.6 Å². The zero-order chi connectivity index (χ0) is 27.0. The van der Waals surface area contributed by atoms with Crippen LogP contribution in [0.15, 0.2) is 24.5 Å². The highest BCUT2D eigenvalue weighted by molar-refractivity contribution is 8.11. The normalized spacial score (nSPS) is 32.7. The smallest absolute Gasteiger partial charge is 0.299 e. The first-order chi connectivity index (χ1) is 18.4. The molecule has 1 aliphatic carbocycles. The van der Waals surface area contributed by atoms with Crippen molar-refractivity contribution in [2.24, 2.45) is 11.8 Å². The van der Waals surface area contributed by atoms with E-state index in [1.54, 1.807) is 0 Å². The maximum absolute atomic E-state index is 12.5. The zero-order valence-corrected chi connectivity index (χ0v) is 25.7. The first kappa shape index (κ1) is 30.7. The molecule has 0 N–H and O–H groups in total. The topological polar surface area (TPSA) is 68.3 Å². The summed E-state index contributed by atoms with van der Waals surface area (Å²) >= 11 is 0. The Morgan fingerprint density at radius 1 is 1.05 bits per heavy atom. The summed E-state index contributed by atoms with van der Waals surface area (Å²) in [5.41, 5.74) is -0.252. The van der Waals surface area contributed by atoms with Gasteiger partial charge in [-0.1, -0.05) is 38.3 Å². The molecule has 7 atom stereocenters. The number of hydrogen-bond donors (Lipinski definition) is 0. The first-order valence-corrected chi connectivity index (χ1v) is 17.7. The molecule has 0 aromatic carbocycles. The van der Waals surface area contributed by atoms with Crippen molar-refractivity contribution in [1.82, 2.24) is 9.21 Å². The van der Waals surface area contributed by atoms with Crippen LogP contribution in [0.3, 0.4) is 0 Å². The number of ether oxygens (including phenoxy) is 3. The van der Waals surface area contributed by atoms with Gasteiger partial charge in [0.2, 0.25) is 0 Å². The van der Waals surface area contributed by atoms with Gasteiger partial charge >= 0.3 is 0 Å². The average Bonchev–Trinajstić information content (AvgIpc) is 2.93. The minimum Gasteiger partial charge on any atom is -0.501 e. The molecule has 0 aromatic heterocycles. The predicted molar refractivity (Wildman–Crippen MR) is 156 cm³/mol. The molecule has 3 aliphatic heterocycles. The van der Waals surface area contributed by atoms with Crippen molar-refractivity contribution in [1.29, 1.82) is 0 Å². The minimum absolute atomic E-state index is 0.0976. The van der Waals surface area contributed by atoms with Gasteiger partial charge in [0.15, 0.2) is 0 Å². The van der Waals surface area contributed by atoms with E-state index in [2.05, 4.69) is 39.3 Å². The van der Waals surface area contributed by atoms with Crippen LogP contribution in [0.2, 0.25) is 0 Å². The average molecular weight is 591 g/mol. The third-order valence-corrected chi connectivity index (χ3v) is 11.0. The van der Waals surface area contributed by atoms with Gasteiger partial charge in [0.25, 0.3) is 9.24 Å². The Bertz CT molecular complexity index is 874. The summed E-state index contributed by atoms with van der Waals surface area (Å²) in [7, 11) is 5.11. The molecule has 38 heavy (non-hydrogen) atoms. The monoisotopic (exact) mass is 590 g/mol. The van der Waals surface area contributed by atoms with Crippen LogP contribution in [0.25, 0.3) is 0 Å². The number of halogens is 1. The van der Waals surface area contributed by atoms with Crippen LogP contribution in [-0.2, 0) is 23.4 Å². The van der Waals surface area contributed by atoms with Gasteiger partial charge in [-0.05, 0) is 63.4 Å². The van der Waals surface area contributed by atoms with Gasteiger partial charge in [0.05, 0.1) is 37.2 Å². The van der Waals surface area contributed by atoms with E-state index in [4.69, 9.17) is 24.9 Å². The second kappa shape index (κ2) is 14.6. The molecule has 0 bridgehead atoms. The van der Waals surface area contributed by atoms with E-state index in [1.165, 1.54) is 17.1 Å². The molecule has 7 unspecified atom stereocenters. The zero-order valence-electron chi connectivity index (χ0n) is 23.0. The predicted octanol–water partition coefficient (Wildman–Crippen LogP) is 5.47. The molecule has 3 heterocycles. The van der Waals surface area contributed by atoms with Crippen LogP contribution < -0.4 is 0 Å². The molecular formula is C28H48ClN2O5PS. The Labute approximate surface area is 237 Å². The Morgan fingerprint density at radius 2 is 1.89 bits per heavy atom. The maximum Gasteiger partial charge on any atom is 0.299 e. The second-order valence-corrected chi connectivity index (χ2v) is 14.6. The molecule has 2 saturated heterocycles. The van der Waals surface area contributed by atoms with Crippen LogP contribution >= 0.6 is 19.9 Å². The highest BCUT2D eigenvalue weighted by atomic mass is 35.7. The van der Waals surface area contributed by atoms with Gasteiger partial charge in [0, 0.05) is 48.6 Å². The lowest BCUT2D eigenvalue weighted by molar-refractivity contribution is -0.176. The lowest BCUT2D eigenvalue weighted by Crippen LogP contribution is -2.71. The number of nitrogens with zero attached hydrogens (tertiary/aromatic N) is 2. The van der Waals surface area contributed by atoms with Crippen molar-refractivity contribution in [3.8, 4) is 0 Å². The van der Waals surface area contributed by atoms with Gasteiger partial charge in [-0.2, -0.15) is 12.7 Å². The Balaban J connectivity index is 1.65. The molecule has 218 valence electrons. The molecule has 4 rings (SSSR count). The van der Waals surface area contributed by atoms with Gasteiger partial charge in [-0.15, -0.1) is 9.24 Å². The summed E-state index contributed by atoms with van der Waals surface area (Å²) in [6.07, 6.45) is 20.4. The standard InChI is InChI=1S/C28H48ClN2O5PS/c1-2-3-4-9-16-30(38(29,32)33)20-25-21-31(27(37)22-36-25)28(23-11-6-5-7-12-23,24-14-18-34-19-15-24)26-13-8-10-17-35-26/h6,11,14,18,23-27H,2-5,7-10,12-13,15-17,19-22,37H2,1H3. The van der Waals surface area contributed by atoms with Crippen LogP contribution in [-0.4, -0.2) is 80.6 Å². The summed E-state index contributed by atoms with van der Waals surface area (Å²) in [4.78, 5) is 2.62. The molecule has 10 heteroatoms. The van der Waals surface area contributed by atoms with Gasteiger partial charge in [0.1, 0.15) is 0 Å². The summed E-state index contributed by atoms with van der Waals surface area (Å²) in [6, 6.07) is 0. The fourth-order valence-corrected chi connectivity index (χ4v) is 8.64. The van der Waals surface area contributed by atoms with E-state index in [-0.39, 0.29) is 36.0 Å². The van der Waals surface area contributed by atoms with E-state index in [0.29, 0.717) is 32.2 Å². The molecule has 0 spiro atoms. The van der Waals surface area contributed by atoms with Crippen molar-refractivity contribution >= 4 is 29.2 Å². The molecular weight excluding hydrogens is 543 g/mol. The molecule has 2 fully saturated rings. The van der Waals surface area contributed by atoms with Crippen molar-refractivity contribution in [2.45, 2.75) is 101 Å². The summed E-state index contributed by atoms with van der Waals surface area (Å²) in [5.74, 6) is 0.723. The highest BCUT2D eigenvalue weighted by Gasteiger charge is 2.57.